The normalized spacial score (nSPS) is 17.5. The average molecular weight is 239 g/mol. The highest BCUT2D eigenvalue weighted by atomic mass is 32.1. The molecule has 0 aromatic carbocycles. The van der Waals surface area contributed by atoms with Gasteiger partial charge in [0.1, 0.15) is 5.01 Å². The molecule has 88 valence electrons. The first-order valence-corrected chi connectivity index (χ1v) is 6.41. The number of rotatable bonds is 4. The predicted octanol–water partition coefficient (Wildman–Crippen LogP) is 1.37. The molecule has 1 fully saturated rings. The van der Waals surface area contributed by atoms with Gasteiger partial charge in [-0.1, -0.05) is 13.8 Å². The monoisotopic (exact) mass is 239 g/mol. The van der Waals surface area contributed by atoms with Gasteiger partial charge in [0.05, 0.1) is 17.8 Å². The molecule has 0 radical (unpaired) electrons. The molecule has 1 saturated carbocycles. The highest BCUT2D eigenvalue weighted by molar-refractivity contribution is 7.09. The minimum absolute atomic E-state index is 0.0474. The Bertz CT molecular complexity index is 396. The maximum absolute atomic E-state index is 11.6. The smallest absolute Gasteiger partial charge is 0.240 e. The van der Waals surface area contributed by atoms with Gasteiger partial charge in [-0.05, 0) is 18.8 Å². The van der Waals surface area contributed by atoms with Crippen LogP contribution in [0.25, 0.3) is 0 Å². The molecule has 0 bridgehead atoms. The largest absolute Gasteiger partial charge is 0.348 e. The number of nitrogens with zero attached hydrogens (tertiary/aromatic N) is 1. The van der Waals surface area contributed by atoms with Gasteiger partial charge in [-0.25, -0.2) is 4.98 Å². The zero-order valence-electron chi connectivity index (χ0n) is 9.62. The van der Waals surface area contributed by atoms with Crippen molar-refractivity contribution in [3.8, 4) is 0 Å². The molecule has 0 spiro atoms. The fraction of sp³-hybridized carbons (Fsp3) is 0.636. The van der Waals surface area contributed by atoms with Gasteiger partial charge in [0, 0.05) is 5.38 Å². The van der Waals surface area contributed by atoms with Crippen LogP contribution in [0, 0.1) is 0 Å². The molecule has 0 unspecified atom stereocenters. The van der Waals surface area contributed by atoms with Gasteiger partial charge in [-0.2, -0.15) is 0 Å². The average Bonchev–Trinajstić information content (AvgIpc) is 2.82. The van der Waals surface area contributed by atoms with Gasteiger partial charge in [0.15, 0.2) is 0 Å². The van der Waals surface area contributed by atoms with Crippen LogP contribution in [0.2, 0.25) is 0 Å². The van der Waals surface area contributed by atoms with E-state index in [1.165, 1.54) is 0 Å². The Hall–Kier alpha value is -0.940. The summed E-state index contributed by atoms with van der Waals surface area (Å²) in [6.45, 7) is 4.71. The first-order chi connectivity index (χ1) is 7.51. The van der Waals surface area contributed by atoms with Crippen molar-refractivity contribution >= 4 is 17.2 Å². The summed E-state index contributed by atoms with van der Waals surface area (Å²) in [7, 11) is 0. The van der Waals surface area contributed by atoms with Gasteiger partial charge in [0.2, 0.25) is 5.91 Å². The van der Waals surface area contributed by atoms with Crippen LogP contribution < -0.4 is 11.1 Å². The third-order valence-corrected chi connectivity index (χ3v) is 3.67. The van der Waals surface area contributed by atoms with Crippen molar-refractivity contribution in [2.24, 2.45) is 5.73 Å². The molecule has 0 aliphatic heterocycles. The van der Waals surface area contributed by atoms with Crippen LogP contribution >= 0.6 is 11.3 Å². The molecular weight excluding hydrogens is 222 g/mol. The van der Waals surface area contributed by atoms with Crippen LogP contribution in [0.1, 0.15) is 43.3 Å². The number of carbonyl (C=O) groups is 1. The summed E-state index contributed by atoms with van der Waals surface area (Å²) in [6, 6.07) is 0. The van der Waals surface area contributed by atoms with Crippen LogP contribution in [0.5, 0.6) is 0 Å². The molecule has 3 N–H and O–H groups in total. The summed E-state index contributed by atoms with van der Waals surface area (Å²) < 4.78 is 0. The van der Waals surface area contributed by atoms with Crippen molar-refractivity contribution in [3.05, 3.63) is 16.1 Å². The number of hydrogen-bond donors (Lipinski definition) is 2. The van der Waals surface area contributed by atoms with Crippen molar-refractivity contribution in [1.82, 2.24) is 10.3 Å². The third kappa shape index (κ3) is 2.41. The second-order valence-corrected chi connectivity index (χ2v) is 5.60. The molecule has 1 amide bonds. The van der Waals surface area contributed by atoms with Crippen LogP contribution in [0.15, 0.2) is 5.38 Å². The van der Waals surface area contributed by atoms with Crippen molar-refractivity contribution < 1.29 is 4.79 Å². The van der Waals surface area contributed by atoms with Crippen LogP contribution in [0.3, 0.4) is 0 Å². The SMILES string of the molecule is CC(C)c1csc(CNC(=O)C2(N)CC2)n1. The standard InChI is InChI=1S/C11H17N3OS/c1-7(2)8-6-16-9(14-8)5-13-10(15)11(12)3-4-11/h6-7H,3-5,12H2,1-2H3,(H,13,15). The fourth-order valence-corrected chi connectivity index (χ4v) is 2.26. The van der Waals surface area contributed by atoms with E-state index in [1.54, 1.807) is 11.3 Å². The summed E-state index contributed by atoms with van der Waals surface area (Å²) in [5, 5.41) is 5.83. The third-order valence-electron chi connectivity index (χ3n) is 2.80. The molecule has 1 aromatic rings. The molecule has 1 aromatic heterocycles. The highest BCUT2D eigenvalue weighted by Crippen LogP contribution is 2.32. The van der Waals surface area contributed by atoms with Gasteiger partial charge in [-0.15, -0.1) is 11.3 Å². The Morgan fingerprint density at radius 1 is 1.69 bits per heavy atom. The number of carbonyl (C=O) groups excluding carboxylic acids is 1. The Kier molecular flexibility index (Phi) is 2.99. The lowest BCUT2D eigenvalue weighted by atomic mass is 10.2. The Balaban J connectivity index is 1.87. The van der Waals surface area contributed by atoms with E-state index in [-0.39, 0.29) is 5.91 Å². The van der Waals surface area contributed by atoms with E-state index in [0.717, 1.165) is 23.5 Å². The van der Waals surface area contributed by atoms with Crippen LogP contribution in [0.4, 0.5) is 0 Å². The van der Waals surface area contributed by atoms with E-state index in [1.807, 2.05) is 5.38 Å². The Labute approximate surface area is 99.3 Å². The molecular formula is C11H17N3OS. The molecule has 2 rings (SSSR count). The van der Waals surface area contributed by atoms with Crippen LogP contribution in [-0.4, -0.2) is 16.4 Å². The summed E-state index contributed by atoms with van der Waals surface area (Å²) in [4.78, 5) is 16.0. The van der Waals surface area contributed by atoms with Gasteiger partial charge in [-0.3, -0.25) is 4.79 Å². The zero-order chi connectivity index (χ0) is 11.8. The number of thiazole rings is 1. The minimum Gasteiger partial charge on any atom is -0.348 e. The number of aromatic nitrogens is 1. The lowest BCUT2D eigenvalue weighted by molar-refractivity contribution is -0.123. The summed E-state index contributed by atoms with van der Waals surface area (Å²) in [5.74, 6) is 0.388. The quantitative estimate of drug-likeness (QED) is 0.834. The number of nitrogens with two attached hydrogens (primary N) is 1. The fourth-order valence-electron chi connectivity index (χ4n) is 1.37. The Morgan fingerprint density at radius 3 is 2.88 bits per heavy atom. The van der Waals surface area contributed by atoms with E-state index < -0.39 is 5.54 Å². The maximum atomic E-state index is 11.6. The van der Waals surface area contributed by atoms with Crippen molar-refractivity contribution in [3.63, 3.8) is 0 Å². The Morgan fingerprint density at radius 2 is 2.38 bits per heavy atom. The van der Waals surface area contributed by atoms with Gasteiger partial charge in [0.25, 0.3) is 0 Å². The van der Waals surface area contributed by atoms with Gasteiger partial charge < -0.3 is 11.1 Å². The molecule has 4 nitrogen and oxygen atoms in total. The lowest BCUT2D eigenvalue weighted by Gasteiger charge is -2.08. The second-order valence-electron chi connectivity index (χ2n) is 4.66. The van der Waals surface area contributed by atoms with Gasteiger partial charge >= 0.3 is 0 Å². The van der Waals surface area contributed by atoms with E-state index in [4.69, 9.17) is 5.73 Å². The summed E-state index contributed by atoms with van der Waals surface area (Å²) in [5.41, 5.74) is 6.28. The summed E-state index contributed by atoms with van der Waals surface area (Å²) >= 11 is 1.58. The molecule has 0 saturated heterocycles. The lowest BCUT2D eigenvalue weighted by Crippen LogP contribution is -2.42. The molecule has 16 heavy (non-hydrogen) atoms. The second kappa shape index (κ2) is 4.14. The van der Waals surface area contributed by atoms with E-state index in [0.29, 0.717) is 12.5 Å². The first kappa shape index (κ1) is 11.5. The molecule has 0 atom stereocenters. The van der Waals surface area contributed by atoms with E-state index in [9.17, 15) is 4.79 Å². The first-order valence-electron chi connectivity index (χ1n) is 5.53. The molecule has 1 aliphatic carbocycles. The van der Waals surface area contributed by atoms with Crippen LogP contribution in [-0.2, 0) is 11.3 Å². The van der Waals surface area contributed by atoms with Crippen molar-refractivity contribution in [2.75, 3.05) is 0 Å². The minimum atomic E-state index is -0.585. The summed E-state index contributed by atoms with van der Waals surface area (Å²) in [6.07, 6.45) is 1.60. The molecule has 5 heteroatoms. The van der Waals surface area contributed by atoms with Crippen molar-refractivity contribution in [1.29, 1.82) is 0 Å². The predicted molar refractivity (Wildman–Crippen MR) is 64.2 cm³/mol. The van der Waals surface area contributed by atoms with E-state index >= 15 is 0 Å². The van der Waals surface area contributed by atoms with Crippen molar-refractivity contribution in [2.45, 2.75) is 44.7 Å². The number of nitrogens with one attached hydrogen (secondary N) is 1. The molecule has 1 heterocycles. The number of amides is 1. The topological polar surface area (TPSA) is 68.0 Å². The molecule has 1 aliphatic rings. The van der Waals surface area contributed by atoms with E-state index in [2.05, 4.69) is 24.1 Å². The zero-order valence-corrected chi connectivity index (χ0v) is 10.4. The maximum Gasteiger partial charge on any atom is 0.240 e. The number of hydrogen-bond acceptors (Lipinski definition) is 4. The highest BCUT2D eigenvalue weighted by Gasteiger charge is 2.45.